The van der Waals surface area contributed by atoms with Crippen LogP contribution in [0.15, 0.2) is 36.5 Å². The number of ether oxygens (including phenoxy) is 3. The Morgan fingerprint density at radius 2 is 1.73 bits per heavy atom. The van der Waals surface area contributed by atoms with E-state index in [4.69, 9.17) is 37.4 Å². The summed E-state index contributed by atoms with van der Waals surface area (Å²) >= 11 is 11.6. The zero-order valence-corrected chi connectivity index (χ0v) is 15.3. The monoisotopic (exact) mass is 398 g/mol. The maximum atomic E-state index is 11.8. The highest BCUT2D eigenvalue weighted by atomic mass is 35.5. The Labute approximate surface area is 160 Å². The fourth-order valence-corrected chi connectivity index (χ4v) is 2.23. The van der Waals surface area contributed by atoms with Crippen molar-refractivity contribution in [3.05, 3.63) is 46.6 Å². The van der Waals surface area contributed by atoms with E-state index in [1.165, 1.54) is 12.3 Å². The van der Waals surface area contributed by atoms with Crippen molar-refractivity contribution in [2.24, 2.45) is 0 Å². The lowest BCUT2D eigenvalue weighted by Crippen LogP contribution is -2.24. The summed E-state index contributed by atoms with van der Waals surface area (Å²) in [7, 11) is 0. The largest absolute Gasteiger partial charge is 0.494 e. The first-order chi connectivity index (χ1) is 12.5. The highest BCUT2D eigenvalue weighted by Gasteiger charge is 2.11. The Hall–Kier alpha value is -2.51. The number of esters is 1. The van der Waals surface area contributed by atoms with E-state index in [2.05, 4.69) is 10.3 Å². The molecule has 138 valence electrons. The third-order valence-corrected chi connectivity index (χ3v) is 3.42. The molecule has 7 nitrogen and oxygen atoms in total. The number of nitrogens with zero attached hydrogens (tertiary/aromatic N) is 1. The number of anilines is 1. The Morgan fingerprint density at radius 3 is 2.35 bits per heavy atom. The van der Waals surface area contributed by atoms with Crippen LogP contribution < -0.4 is 14.8 Å². The Bertz CT molecular complexity index is 768. The number of benzene rings is 1. The number of amides is 1. The van der Waals surface area contributed by atoms with Crippen molar-refractivity contribution in [3.8, 4) is 11.5 Å². The van der Waals surface area contributed by atoms with Gasteiger partial charge in [-0.3, -0.25) is 4.79 Å². The number of pyridine rings is 1. The molecule has 0 spiro atoms. The van der Waals surface area contributed by atoms with E-state index >= 15 is 0 Å². The maximum Gasteiger partial charge on any atom is 0.344 e. The van der Waals surface area contributed by atoms with Crippen molar-refractivity contribution in [2.45, 2.75) is 6.92 Å². The normalized spacial score (nSPS) is 10.1. The van der Waals surface area contributed by atoms with Crippen molar-refractivity contribution in [1.29, 1.82) is 0 Å². The number of carbonyl (C=O) groups is 2. The van der Waals surface area contributed by atoms with Crippen molar-refractivity contribution >= 4 is 40.9 Å². The first-order valence-corrected chi connectivity index (χ1v) is 8.35. The van der Waals surface area contributed by atoms with E-state index in [1.54, 1.807) is 24.3 Å². The summed E-state index contributed by atoms with van der Waals surface area (Å²) in [5.41, 5.74) is 0. The molecule has 1 N–H and O–H groups in total. The zero-order chi connectivity index (χ0) is 18.9. The fraction of sp³-hybridized carbons (Fsp3) is 0.235. The molecule has 1 aromatic carbocycles. The van der Waals surface area contributed by atoms with Gasteiger partial charge in [0.1, 0.15) is 11.5 Å². The smallest absolute Gasteiger partial charge is 0.344 e. The van der Waals surface area contributed by atoms with Crippen LogP contribution in [0.3, 0.4) is 0 Å². The van der Waals surface area contributed by atoms with Crippen molar-refractivity contribution in [1.82, 2.24) is 4.98 Å². The summed E-state index contributed by atoms with van der Waals surface area (Å²) in [5, 5.41) is 2.93. The molecule has 0 unspecified atom stereocenters. The van der Waals surface area contributed by atoms with Gasteiger partial charge in [-0.15, -0.1) is 0 Å². The van der Waals surface area contributed by atoms with Crippen molar-refractivity contribution < 1.29 is 23.8 Å². The number of hydrogen-bond acceptors (Lipinski definition) is 6. The van der Waals surface area contributed by atoms with Crippen molar-refractivity contribution in [2.75, 3.05) is 25.1 Å². The minimum Gasteiger partial charge on any atom is -0.494 e. The van der Waals surface area contributed by atoms with Gasteiger partial charge in [0.2, 0.25) is 0 Å². The molecule has 26 heavy (non-hydrogen) atoms. The van der Waals surface area contributed by atoms with E-state index in [9.17, 15) is 9.59 Å². The van der Waals surface area contributed by atoms with Gasteiger partial charge in [-0.25, -0.2) is 9.78 Å². The van der Waals surface area contributed by atoms with Crippen LogP contribution in [0.1, 0.15) is 6.92 Å². The number of nitrogens with one attached hydrogen (secondary N) is 1. The Kier molecular flexibility index (Phi) is 7.50. The lowest BCUT2D eigenvalue weighted by molar-refractivity contribution is -0.149. The molecule has 9 heteroatoms. The molecule has 0 saturated heterocycles. The fourth-order valence-electron chi connectivity index (χ4n) is 1.80. The zero-order valence-electron chi connectivity index (χ0n) is 13.8. The molecular formula is C17H16Cl2N2O5. The molecule has 2 rings (SSSR count). The van der Waals surface area contributed by atoms with Crippen LogP contribution in [0.25, 0.3) is 0 Å². The maximum absolute atomic E-state index is 11.8. The predicted molar refractivity (Wildman–Crippen MR) is 97.0 cm³/mol. The molecule has 0 bridgehead atoms. The molecule has 0 saturated carbocycles. The van der Waals surface area contributed by atoms with E-state index in [0.29, 0.717) is 23.1 Å². The second-order valence-electron chi connectivity index (χ2n) is 4.89. The van der Waals surface area contributed by atoms with E-state index < -0.39 is 18.5 Å². The van der Waals surface area contributed by atoms with Crippen LogP contribution >= 0.6 is 23.2 Å². The Balaban J connectivity index is 1.73. The van der Waals surface area contributed by atoms with Crippen LogP contribution in [0, 0.1) is 0 Å². The van der Waals surface area contributed by atoms with Crippen LogP contribution in [0.4, 0.5) is 5.82 Å². The van der Waals surface area contributed by atoms with Gasteiger partial charge >= 0.3 is 5.97 Å². The molecule has 0 radical (unpaired) electrons. The summed E-state index contributed by atoms with van der Waals surface area (Å²) in [4.78, 5) is 27.3. The minimum atomic E-state index is -0.691. The summed E-state index contributed by atoms with van der Waals surface area (Å²) in [6.07, 6.45) is 1.33. The molecular weight excluding hydrogens is 383 g/mol. The lowest BCUT2D eigenvalue weighted by Gasteiger charge is -2.09. The molecule has 1 amide bonds. The molecule has 1 aromatic heterocycles. The van der Waals surface area contributed by atoms with Gasteiger partial charge in [0, 0.05) is 6.20 Å². The van der Waals surface area contributed by atoms with Crippen molar-refractivity contribution in [3.63, 3.8) is 0 Å². The highest BCUT2D eigenvalue weighted by Crippen LogP contribution is 2.22. The molecule has 0 aliphatic rings. The quantitative estimate of drug-likeness (QED) is 0.686. The number of rotatable bonds is 8. The molecule has 0 atom stereocenters. The highest BCUT2D eigenvalue weighted by molar-refractivity contribution is 6.36. The number of hydrogen-bond donors (Lipinski definition) is 1. The van der Waals surface area contributed by atoms with Crippen LogP contribution in [0.2, 0.25) is 10.0 Å². The van der Waals surface area contributed by atoms with Gasteiger partial charge in [-0.1, -0.05) is 23.2 Å². The summed E-state index contributed by atoms with van der Waals surface area (Å²) in [5.74, 6) is 0.0312. The van der Waals surface area contributed by atoms with Crippen LogP contribution in [0.5, 0.6) is 11.5 Å². The second kappa shape index (κ2) is 9.84. The topological polar surface area (TPSA) is 86.8 Å². The minimum absolute atomic E-state index is 0.128. The summed E-state index contributed by atoms with van der Waals surface area (Å²) < 4.78 is 15.4. The SMILES string of the molecule is CCOc1ccc(OCC(=O)OCC(=O)Nc2ncc(Cl)cc2Cl)cc1. The first-order valence-electron chi connectivity index (χ1n) is 7.60. The van der Waals surface area contributed by atoms with Gasteiger partial charge in [0.15, 0.2) is 19.0 Å². The van der Waals surface area contributed by atoms with E-state index in [1.807, 2.05) is 6.92 Å². The van der Waals surface area contributed by atoms with Crippen LogP contribution in [-0.4, -0.2) is 36.7 Å². The second-order valence-corrected chi connectivity index (χ2v) is 5.73. The van der Waals surface area contributed by atoms with Gasteiger partial charge in [-0.2, -0.15) is 0 Å². The average Bonchev–Trinajstić information content (AvgIpc) is 2.62. The standard InChI is InChI=1S/C17H16Cl2N2O5/c1-2-24-12-3-5-13(6-4-12)25-10-16(23)26-9-15(22)21-17-14(19)7-11(18)8-20-17/h3-8H,2,9-10H2,1H3,(H,20,21,22). The number of carbonyl (C=O) groups excluding carboxylic acids is 2. The molecule has 0 aliphatic carbocycles. The summed E-state index contributed by atoms with van der Waals surface area (Å²) in [6, 6.07) is 8.21. The summed E-state index contributed by atoms with van der Waals surface area (Å²) in [6.45, 7) is 1.62. The van der Waals surface area contributed by atoms with Crippen LogP contribution in [-0.2, 0) is 14.3 Å². The number of aromatic nitrogens is 1. The van der Waals surface area contributed by atoms with E-state index in [0.717, 1.165) is 0 Å². The van der Waals surface area contributed by atoms with Gasteiger partial charge in [-0.05, 0) is 37.3 Å². The molecule has 1 heterocycles. The third-order valence-electron chi connectivity index (χ3n) is 2.92. The molecule has 2 aromatic rings. The van der Waals surface area contributed by atoms with Gasteiger partial charge in [0.05, 0.1) is 16.7 Å². The predicted octanol–water partition coefficient (Wildman–Crippen LogP) is 3.35. The Morgan fingerprint density at radius 1 is 1.08 bits per heavy atom. The number of halogens is 2. The average molecular weight is 399 g/mol. The molecule has 0 aliphatic heterocycles. The van der Waals surface area contributed by atoms with E-state index in [-0.39, 0.29) is 17.4 Å². The third kappa shape index (κ3) is 6.42. The first kappa shape index (κ1) is 19.8. The lowest BCUT2D eigenvalue weighted by atomic mass is 10.3. The molecule has 0 fully saturated rings. The van der Waals surface area contributed by atoms with Gasteiger partial charge < -0.3 is 19.5 Å². The van der Waals surface area contributed by atoms with Gasteiger partial charge in [0.25, 0.3) is 5.91 Å².